The van der Waals surface area contributed by atoms with Gasteiger partial charge in [-0.25, -0.2) is 8.42 Å². The van der Waals surface area contributed by atoms with Crippen molar-refractivity contribution in [2.24, 2.45) is 0 Å². The van der Waals surface area contributed by atoms with E-state index in [9.17, 15) is 8.42 Å². The van der Waals surface area contributed by atoms with Gasteiger partial charge in [-0.3, -0.25) is 0 Å². The lowest BCUT2D eigenvalue weighted by atomic mass is 10.4. The third-order valence-corrected chi connectivity index (χ3v) is 5.95. The summed E-state index contributed by atoms with van der Waals surface area (Å²) in [6, 6.07) is 10.4. The highest BCUT2D eigenvalue weighted by Crippen LogP contribution is 2.23. The zero-order valence-corrected chi connectivity index (χ0v) is 12.9. The van der Waals surface area contributed by atoms with Crippen LogP contribution in [0.2, 0.25) is 0 Å². The minimum atomic E-state index is -3.40. The van der Waals surface area contributed by atoms with E-state index in [2.05, 4.69) is 15.9 Å². The summed E-state index contributed by atoms with van der Waals surface area (Å²) in [6.07, 6.45) is 0. The predicted molar refractivity (Wildman–Crippen MR) is 77.1 cm³/mol. The van der Waals surface area contributed by atoms with Crippen molar-refractivity contribution in [3.05, 3.63) is 51.1 Å². The number of halogens is 1. The van der Waals surface area contributed by atoms with Gasteiger partial charge < -0.3 is 0 Å². The van der Waals surface area contributed by atoms with Gasteiger partial charge in [-0.05, 0) is 34.1 Å². The molecule has 0 fully saturated rings. The summed E-state index contributed by atoms with van der Waals surface area (Å²) >= 11 is 4.90. The fraction of sp³-hybridized carbons (Fsp3) is 0.167. The highest BCUT2D eigenvalue weighted by molar-refractivity contribution is 9.10. The summed E-state index contributed by atoms with van der Waals surface area (Å²) < 4.78 is 26.9. The molecule has 0 aliphatic carbocycles. The van der Waals surface area contributed by atoms with E-state index >= 15 is 0 Å². The van der Waals surface area contributed by atoms with Gasteiger partial charge in [-0.15, -0.1) is 11.3 Å². The maximum atomic E-state index is 12.3. The smallest absolute Gasteiger partial charge is 0.207 e. The molecule has 3 nitrogen and oxygen atoms in total. The Labute approximate surface area is 119 Å². The molecule has 0 spiro atoms. The van der Waals surface area contributed by atoms with E-state index < -0.39 is 10.0 Å². The molecule has 2 aromatic rings. The Morgan fingerprint density at radius 1 is 1.28 bits per heavy atom. The summed E-state index contributed by atoms with van der Waals surface area (Å²) in [7, 11) is -1.81. The molecule has 0 unspecified atom stereocenters. The van der Waals surface area contributed by atoms with Gasteiger partial charge >= 0.3 is 0 Å². The Kier molecular flexibility index (Phi) is 4.21. The minimum absolute atomic E-state index is 0.322. The number of nitrogens with zero attached hydrogens (tertiary/aromatic N) is 1. The van der Waals surface area contributed by atoms with Crippen LogP contribution in [0.3, 0.4) is 0 Å². The molecule has 0 amide bonds. The van der Waals surface area contributed by atoms with Crippen LogP contribution in [-0.4, -0.2) is 19.8 Å². The summed E-state index contributed by atoms with van der Waals surface area (Å²) in [4.78, 5) is 1.33. The maximum absolute atomic E-state index is 12.3. The van der Waals surface area contributed by atoms with Crippen LogP contribution in [-0.2, 0) is 16.6 Å². The number of benzene rings is 1. The molecular formula is C12H12BrNO2S2. The Bertz CT molecular complexity index is 623. The molecule has 0 aliphatic heterocycles. The number of hydrogen-bond donors (Lipinski definition) is 0. The lowest BCUT2D eigenvalue weighted by Crippen LogP contribution is -2.26. The van der Waals surface area contributed by atoms with Crippen molar-refractivity contribution in [1.29, 1.82) is 0 Å². The average Bonchev–Trinajstić information content (AvgIpc) is 2.76. The summed E-state index contributed by atoms with van der Waals surface area (Å²) in [5, 5.41) is 1.94. The largest absolute Gasteiger partial charge is 0.243 e. The van der Waals surface area contributed by atoms with Crippen molar-refractivity contribution in [1.82, 2.24) is 4.31 Å². The third-order valence-electron chi connectivity index (χ3n) is 2.45. The van der Waals surface area contributed by atoms with Gasteiger partial charge in [-0.1, -0.05) is 18.2 Å². The van der Waals surface area contributed by atoms with Crippen LogP contribution in [0.15, 0.2) is 51.1 Å². The molecule has 0 atom stereocenters. The van der Waals surface area contributed by atoms with E-state index in [-0.39, 0.29) is 0 Å². The molecule has 0 N–H and O–H groups in total. The molecule has 0 aliphatic rings. The topological polar surface area (TPSA) is 37.4 Å². The van der Waals surface area contributed by atoms with Gasteiger partial charge in [0.25, 0.3) is 0 Å². The molecule has 2 rings (SSSR count). The van der Waals surface area contributed by atoms with Crippen LogP contribution in [0.5, 0.6) is 0 Å². The molecule has 6 heteroatoms. The monoisotopic (exact) mass is 345 g/mol. The first-order chi connectivity index (χ1) is 8.50. The van der Waals surface area contributed by atoms with Gasteiger partial charge in [0.15, 0.2) is 0 Å². The zero-order chi connectivity index (χ0) is 13.2. The normalized spacial score (nSPS) is 11.9. The molecule has 1 heterocycles. The molecular weight excluding hydrogens is 334 g/mol. The van der Waals surface area contributed by atoms with Crippen LogP contribution < -0.4 is 0 Å². The second-order valence-electron chi connectivity index (χ2n) is 3.81. The first-order valence-corrected chi connectivity index (χ1v) is 8.36. The second-order valence-corrected chi connectivity index (χ2v) is 7.76. The van der Waals surface area contributed by atoms with E-state index in [1.165, 1.54) is 15.6 Å². The van der Waals surface area contributed by atoms with E-state index in [4.69, 9.17) is 0 Å². The summed E-state index contributed by atoms with van der Waals surface area (Å²) in [5.41, 5.74) is 0. The highest BCUT2D eigenvalue weighted by atomic mass is 79.9. The molecule has 0 saturated carbocycles. The van der Waals surface area contributed by atoms with Crippen molar-refractivity contribution in [3.8, 4) is 0 Å². The number of rotatable bonds is 4. The van der Waals surface area contributed by atoms with E-state index in [1.54, 1.807) is 37.4 Å². The van der Waals surface area contributed by atoms with Gasteiger partial charge in [0, 0.05) is 28.3 Å². The molecule has 0 radical (unpaired) electrons. The van der Waals surface area contributed by atoms with Crippen LogP contribution in [0, 0.1) is 0 Å². The SMILES string of the molecule is CN(Cc1cc(Br)cs1)S(=O)(=O)c1ccccc1. The van der Waals surface area contributed by atoms with Crippen molar-refractivity contribution >= 4 is 37.3 Å². The van der Waals surface area contributed by atoms with Crippen LogP contribution in [0.4, 0.5) is 0 Å². The zero-order valence-electron chi connectivity index (χ0n) is 9.71. The standard InChI is InChI=1S/C12H12BrNO2S2/c1-14(8-11-7-10(13)9-17-11)18(15,16)12-5-3-2-4-6-12/h2-7,9H,8H2,1H3. The Morgan fingerprint density at radius 3 is 2.50 bits per heavy atom. The van der Waals surface area contributed by atoms with E-state index in [0.717, 1.165) is 9.35 Å². The Balaban J connectivity index is 2.21. The molecule has 1 aromatic heterocycles. The summed E-state index contributed by atoms with van der Waals surface area (Å²) in [5.74, 6) is 0. The maximum Gasteiger partial charge on any atom is 0.243 e. The van der Waals surface area contributed by atoms with Gasteiger partial charge in [0.1, 0.15) is 0 Å². The quantitative estimate of drug-likeness (QED) is 0.852. The van der Waals surface area contributed by atoms with Crippen molar-refractivity contribution in [2.45, 2.75) is 11.4 Å². The predicted octanol–water partition coefficient (Wildman–Crippen LogP) is 3.33. The molecule has 96 valence electrons. The minimum Gasteiger partial charge on any atom is -0.207 e. The third kappa shape index (κ3) is 3.00. The van der Waals surface area contributed by atoms with Gasteiger partial charge in [0.05, 0.1) is 4.90 Å². The molecule has 1 aromatic carbocycles. The Morgan fingerprint density at radius 2 is 1.94 bits per heavy atom. The van der Waals surface area contributed by atoms with Crippen LogP contribution in [0.1, 0.15) is 4.88 Å². The lowest BCUT2D eigenvalue weighted by Gasteiger charge is -2.16. The fourth-order valence-corrected chi connectivity index (χ4v) is 4.27. The average molecular weight is 346 g/mol. The Hall–Kier alpha value is -0.690. The fourth-order valence-electron chi connectivity index (χ4n) is 1.51. The molecule has 0 bridgehead atoms. The highest BCUT2D eigenvalue weighted by Gasteiger charge is 2.20. The van der Waals surface area contributed by atoms with Crippen molar-refractivity contribution in [3.63, 3.8) is 0 Å². The van der Waals surface area contributed by atoms with E-state index in [1.807, 2.05) is 11.4 Å². The second kappa shape index (κ2) is 5.52. The van der Waals surface area contributed by atoms with Crippen molar-refractivity contribution in [2.75, 3.05) is 7.05 Å². The molecule has 18 heavy (non-hydrogen) atoms. The first kappa shape index (κ1) is 13.7. The van der Waals surface area contributed by atoms with Crippen LogP contribution in [0.25, 0.3) is 0 Å². The lowest BCUT2D eigenvalue weighted by molar-refractivity contribution is 0.469. The molecule has 0 saturated heterocycles. The first-order valence-electron chi connectivity index (χ1n) is 5.24. The number of sulfonamides is 1. The van der Waals surface area contributed by atoms with Crippen LogP contribution >= 0.6 is 27.3 Å². The van der Waals surface area contributed by atoms with Crippen molar-refractivity contribution < 1.29 is 8.42 Å². The number of hydrogen-bond acceptors (Lipinski definition) is 3. The van der Waals surface area contributed by atoms with Gasteiger partial charge in [-0.2, -0.15) is 4.31 Å². The van der Waals surface area contributed by atoms with Gasteiger partial charge in [0.2, 0.25) is 10.0 Å². The summed E-state index contributed by atoms with van der Waals surface area (Å²) in [6.45, 7) is 0.382. The van der Waals surface area contributed by atoms with E-state index in [0.29, 0.717) is 11.4 Å². The number of thiophene rings is 1.